The van der Waals surface area contributed by atoms with E-state index in [1.165, 1.54) is 0 Å². The molecule has 2 N–H and O–H groups in total. The maximum absolute atomic E-state index is 12.0. The molecule has 0 saturated heterocycles. The second-order valence-electron chi connectivity index (χ2n) is 6.06. The second kappa shape index (κ2) is 7.94. The zero-order chi connectivity index (χ0) is 16.9. The summed E-state index contributed by atoms with van der Waals surface area (Å²) < 4.78 is 0. The predicted octanol–water partition coefficient (Wildman–Crippen LogP) is 3.50. The molecule has 1 aliphatic carbocycles. The third-order valence-electron chi connectivity index (χ3n) is 4.39. The van der Waals surface area contributed by atoms with Crippen LogP contribution in [0.5, 0.6) is 0 Å². The van der Waals surface area contributed by atoms with Crippen LogP contribution in [-0.4, -0.2) is 29.2 Å². The first-order chi connectivity index (χ1) is 11.7. The van der Waals surface area contributed by atoms with Gasteiger partial charge in [-0.2, -0.15) is 0 Å². The van der Waals surface area contributed by atoms with E-state index in [1.807, 2.05) is 24.3 Å². The van der Waals surface area contributed by atoms with Crippen molar-refractivity contribution in [2.75, 3.05) is 12.4 Å². The van der Waals surface area contributed by atoms with Crippen LogP contribution in [0.4, 0.5) is 5.13 Å². The van der Waals surface area contributed by atoms with Crippen molar-refractivity contribution in [3.63, 3.8) is 0 Å². The van der Waals surface area contributed by atoms with Crippen molar-refractivity contribution in [1.29, 1.82) is 0 Å². The summed E-state index contributed by atoms with van der Waals surface area (Å²) in [5.74, 6) is 0.116. The molecule has 0 aliphatic heterocycles. The third kappa shape index (κ3) is 4.24. The minimum absolute atomic E-state index is 0.00682. The van der Waals surface area contributed by atoms with Gasteiger partial charge in [0, 0.05) is 24.5 Å². The van der Waals surface area contributed by atoms with Gasteiger partial charge in [0.1, 0.15) is 5.01 Å². The summed E-state index contributed by atoms with van der Waals surface area (Å²) in [6.07, 6.45) is 4.90. The van der Waals surface area contributed by atoms with Crippen LogP contribution in [0.2, 0.25) is 5.02 Å². The van der Waals surface area contributed by atoms with E-state index in [1.54, 1.807) is 18.4 Å². The zero-order valence-corrected chi connectivity index (χ0v) is 15.2. The highest BCUT2D eigenvalue weighted by molar-refractivity contribution is 7.15. The number of amides is 1. The molecule has 0 radical (unpaired) electrons. The molecule has 0 bridgehead atoms. The lowest BCUT2D eigenvalue weighted by Crippen LogP contribution is -2.41. The van der Waals surface area contributed by atoms with Gasteiger partial charge in [-0.3, -0.25) is 4.79 Å². The summed E-state index contributed by atoms with van der Waals surface area (Å²) in [5.41, 5.74) is 1.16. The van der Waals surface area contributed by atoms with Gasteiger partial charge in [-0.1, -0.05) is 47.9 Å². The SMILES string of the molecule is CNC(=O)C1CCCCC1Nc1nnc(Cc2ccc(Cl)cc2)s1. The van der Waals surface area contributed by atoms with Gasteiger partial charge >= 0.3 is 0 Å². The van der Waals surface area contributed by atoms with E-state index in [0.29, 0.717) is 0 Å². The molecule has 2 unspecified atom stereocenters. The van der Waals surface area contributed by atoms with Gasteiger partial charge in [0.15, 0.2) is 0 Å². The van der Waals surface area contributed by atoms with Crippen molar-refractivity contribution in [3.05, 3.63) is 39.9 Å². The zero-order valence-electron chi connectivity index (χ0n) is 13.6. The number of hydrogen-bond acceptors (Lipinski definition) is 5. The Bertz CT molecular complexity index is 688. The van der Waals surface area contributed by atoms with Crippen LogP contribution < -0.4 is 10.6 Å². The molecular formula is C17H21ClN4OS. The van der Waals surface area contributed by atoms with Gasteiger partial charge in [0.05, 0.1) is 5.92 Å². The van der Waals surface area contributed by atoms with Crippen molar-refractivity contribution < 1.29 is 4.79 Å². The molecule has 0 spiro atoms. The topological polar surface area (TPSA) is 66.9 Å². The molecule has 1 aliphatic rings. The lowest BCUT2D eigenvalue weighted by atomic mass is 9.84. The highest BCUT2D eigenvalue weighted by Gasteiger charge is 2.30. The number of carbonyl (C=O) groups excluding carboxylic acids is 1. The first kappa shape index (κ1) is 17.2. The smallest absolute Gasteiger partial charge is 0.224 e. The van der Waals surface area contributed by atoms with Crippen molar-refractivity contribution >= 4 is 34.0 Å². The van der Waals surface area contributed by atoms with E-state index in [2.05, 4.69) is 20.8 Å². The summed E-state index contributed by atoms with van der Waals surface area (Å²) in [6.45, 7) is 0. The second-order valence-corrected chi connectivity index (χ2v) is 7.56. The maximum Gasteiger partial charge on any atom is 0.224 e. The van der Waals surface area contributed by atoms with Crippen molar-refractivity contribution in [1.82, 2.24) is 15.5 Å². The fourth-order valence-corrected chi connectivity index (χ4v) is 4.08. The summed E-state index contributed by atoms with van der Waals surface area (Å²) in [6, 6.07) is 7.90. The number of carbonyl (C=O) groups is 1. The highest BCUT2D eigenvalue weighted by Crippen LogP contribution is 2.29. The molecule has 1 aromatic carbocycles. The molecule has 3 rings (SSSR count). The largest absolute Gasteiger partial charge is 0.359 e. The Kier molecular flexibility index (Phi) is 5.68. The Balaban J connectivity index is 1.64. The first-order valence-electron chi connectivity index (χ1n) is 8.20. The van der Waals surface area contributed by atoms with E-state index < -0.39 is 0 Å². The van der Waals surface area contributed by atoms with E-state index in [-0.39, 0.29) is 17.9 Å². The van der Waals surface area contributed by atoms with Crippen LogP contribution in [-0.2, 0) is 11.2 Å². The minimum Gasteiger partial charge on any atom is -0.359 e. The van der Waals surface area contributed by atoms with E-state index >= 15 is 0 Å². The number of halogens is 1. The van der Waals surface area contributed by atoms with E-state index in [9.17, 15) is 4.79 Å². The molecule has 1 aromatic heterocycles. The molecule has 1 saturated carbocycles. The van der Waals surface area contributed by atoms with Crippen LogP contribution in [0.3, 0.4) is 0 Å². The minimum atomic E-state index is 0.00682. The fourth-order valence-electron chi connectivity index (χ4n) is 3.12. The number of anilines is 1. The molecule has 24 heavy (non-hydrogen) atoms. The summed E-state index contributed by atoms with van der Waals surface area (Å²) in [4.78, 5) is 12.0. The monoisotopic (exact) mass is 364 g/mol. The van der Waals surface area contributed by atoms with Gasteiger partial charge in [-0.25, -0.2) is 0 Å². The Morgan fingerprint density at radius 3 is 2.75 bits per heavy atom. The van der Waals surface area contributed by atoms with Crippen molar-refractivity contribution in [3.8, 4) is 0 Å². The third-order valence-corrected chi connectivity index (χ3v) is 5.50. The van der Waals surface area contributed by atoms with Crippen LogP contribution in [0.1, 0.15) is 36.3 Å². The van der Waals surface area contributed by atoms with E-state index in [4.69, 9.17) is 11.6 Å². The predicted molar refractivity (Wildman–Crippen MR) is 97.6 cm³/mol. The van der Waals surface area contributed by atoms with Crippen LogP contribution >= 0.6 is 22.9 Å². The molecule has 5 nitrogen and oxygen atoms in total. The summed E-state index contributed by atoms with van der Waals surface area (Å²) in [5, 5.41) is 17.2. The maximum atomic E-state index is 12.0. The Labute approximate surface area is 150 Å². The van der Waals surface area contributed by atoms with Gasteiger partial charge in [-0.15, -0.1) is 10.2 Å². The van der Waals surface area contributed by atoms with E-state index in [0.717, 1.165) is 52.8 Å². The molecule has 1 heterocycles. The molecular weight excluding hydrogens is 344 g/mol. The molecule has 128 valence electrons. The first-order valence-corrected chi connectivity index (χ1v) is 9.40. The van der Waals surface area contributed by atoms with Gasteiger partial charge < -0.3 is 10.6 Å². The van der Waals surface area contributed by atoms with Crippen LogP contribution in [0, 0.1) is 5.92 Å². The molecule has 1 amide bonds. The standard InChI is InChI=1S/C17H21ClN4OS/c1-19-16(23)13-4-2-3-5-14(13)20-17-22-21-15(24-17)10-11-6-8-12(18)9-7-11/h6-9,13-14H,2-5,10H2,1H3,(H,19,23)(H,20,22). The number of nitrogens with one attached hydrogen (secondary N) is 2. The average Bonchev–Trinajstić information content (AvgIpc) is 3.04. The summed E-state index contributed by atoms with van der Waals surface area (Å²) in [7, 11) is 1.70. The number of hydrogen-bond donors (Lipinski definition) is 2. The van der Waals surface area contributed by atoms with Crippen LogP contribution in [0.25, 0.3) is 0 Å². The average molecular weight is 365 g/mol. The number of benzene rings is 1. The Morgan fingerprint density at radius 1 is 1.25 bits per heavy atom. The Morgan fingerprint density at radius 2 is 2.00 bits per heavy atom. The molecule has 2 atom stereocenters. The van der Waals surface area contributed by atoms with Crippen LogP contribution in [0.15, 0.2) is 24.3 Å². The normalized spacial score (nSPS) is 20.6. The molecule has 2 aromatic rings. The number of aromatic nitrogens is 2. The lowest BCUT2D eigenvalue weighted by Gasteiger charge is -2.30. The van der Waals surface area contributed by atoms with Gasteiger partial charge in [-0.05, 0) is 30.5 Å². The number of rotatable bonds is 5. The van der Waals surface area contributed by atoms with Crippen molar-refractivity contribution in [2.45, 2.75) is 38.1 Å². The highest BCUT2D eigenvalue weighted by atomic mass is 35.5. The quantitative estimate of drug-likeness (QED) is 0.852. The lowest BCUT2D eigenvalue weighted by molar-refractivity contribution is -0.125. The summed E-state index contributed by atoms with van der Waals surface area (Å²) >= 11 is 7.46. The van der Waals surface area contributed by atoms with Gasteiger partial charge in [0.2, 0.25) is 11.0 Å². The number of nitrogens with zero attached hydrogens (tertiary/aromatic N) is 2. The fraction of sp³-hybridized carbons (Fsp3) is 0.471. The van der Waals surface area contributed by atoms with Crippen molar-refractivity contribution in [2.24, 2.45) is 5.92 Å². The molecule has 7 heteroatoms. The Hall–Kier alpha value is -1.66. The molecule has 1 fully saturated rings. The van der Waals surface area contributed by atoms with Gasteiger partial charge in [0.25, 0.3) is 0 Å².